The lowest BCUT2D eigenvalue weighted by atomic mass is 9.92. The average Bonchev–Trinajstić information content (AvgIpc) is 2.90. The van der Waals surface area contributed by atoms with Crippen molar-refractivity contribution in [2.45, 2.75) is 78.1 Å². The zero-order chi connectivity index (χ0) is 13.1. The number of tetrazole rings is 1. The van der Waals surface area contributed by atoms with E-state index < -0.39 is 0 Å². The number of H-pyrrole nitrogens is 1. The third-order valence-corrected chi connectivity index (χ3v) is 3.70. The van der Waals surface area contributed by atoms with Crippen molar-refractivity contribution in [1.29, 1.82) is 0 Å². The van der Waals surface area contributed by atoms with Crippen LogP contribution in [0.5, 0.6) is 0 Å². The number of aromatic amines is 1. The molecule has 0 amide bonds. The minimum atomic E-state index is 0.853. The van der Waals surface area contributed by atoms with E-state index in [1.165, 1.54) is 57.8 Å². The first-order valence-electron chi connectivity index (χ1n) is 7.59. The zero-order valence-corrected chi connectivity index (χ0v) is 12.0. The van der Waals surface area contributed by atoms with Crippen LogP contribution in [0.3, 0.4) is 0 Å². The van der Waals surface area contributed by atoms with Crippen LogP contribution in [0.2, 0.25) is 0 Å². The summed E-state index contributed by atoms with van der Waals surface area (Å²) in [6, 6.07) is 0. The third kappa shape index (κ3) is 6.72. The van der Waals surface area contributed by atoms with Gasteiger partial charge in [0.05, 0.1) is 0 Å². The highest BCUT2D eigenvalue weighted by Gasteiger charge is 2.06. The molecule has 1 rings (SSSR count). The average molecular weight is 252 g/mol. The summed E-state index contributed by atoms with van der Waals surface area (Å²) in [7, 11) is 0. The summed E-state index contributed by atoms with van der Waals surface area (Å²) < 4.78 is 0. The molecule has 0 saturated carbocycles. The molecule has 0 radical (unpaired) electrons. The van der Waals surface area contributed by atoms with E-state index in [-0.39, 0.29) is 0 Å². The Kier molecular flexibility index (Phi) is 8.43. The van der Waals surface area contributed by atoms with Gasteiger partial charge in [0.15, 0.2) is 5.82 Å². The molecule has 4 heteroatoms. The lowest BCUT2D eigenvalue weighted by molar-refractivity contribution is 0.398. The molecule has 0 bridgehead atoms. The van der Waals surface area contributed by atoms with Crippen molar-refractivity contribution in [2.24, 2.45) is 5.92 Å². The predicted molar refractivity (Wildman–Crippen MR) is 74.3 cm³/mol. The van der Waals surface area contributed by atoms with Crippen LogP contribution in [0, 0.1) is 5.92 Å². The van der Waals surface area contributed by atoms with Gasteiger partial charge in [0, 0.05) is 6.42 Å². The van der Waals surface area contributed by atoms with Crippen LogP contribution in [0.15, 0.2) is 0 Å². The Morgan fingerprint density at radius 3 is 2.39 bits per heavy atom. The Labute approximate surface area is 111 Å². The van der Waals surface area contributed by atoms with E-state index in [0.29, 0.717) is 0 Å². The summed E-state index contributed by atoms with van der Waals surface area (Å²) in [4.78, 5) is 0. The Morgan fingerprint density at radius 2 is 1.78 bits per heavy atom. The van der Waals surface area contributed by atoms with Crippen molar-refractivity contribution in [3.63, 3.8) is 0 Å². The van der Waals surface area contributed by atoms with Crippen LogP contribution >= 0.6 is 0 Å². The maximum Gasteiger partial charge on any atom is 0.174 e. The molecule has 0 aliphatic carbocycles. The fourth-order valence-corrected chi connectivity index (χ4v) is 2.42. The van der Waals surface area contributed by atoms with Crippen molar-refractivity contribution in [3.8, 4) is 0 Å². The van der Waals surface area contributed by atoms with Gasteiger partial charge < -0.3 is 0 Å². The van der Waals surface area contributed by atoms with Crippen LogP contribution in [0.25, 0.3) is 0 Å². The van der Waals surface area contributed by atoms with E-state index in [2.05, 4.69) is 34.5 Å². The number of hydrogen-bond donors (Lipinski definition) is 1. The molecule has 1 aromatic rings. The molecule has 18 heavy (non-hydrogen) atoms. The molecule has 4 nitrogen and oxygen atoms in total. The number of hydrogen-bond acceptors (Lipinski definition) is 3. The molecule has 0 saturated heterocycles. The minimum Gasteiger partial charge on any atom is -0.177 e. The van der Waals surface area contributed by atoms with Crippen molar-refractivity contribution in [1.82, 2.24) is 20.6 Å². The number of nitrogens with one attached hydrogen (secondary N) is 1. The summed E-state index contributed by atoms with van der Waals surface area (Å²) in [6.07, 6.45) is 13.1. The lowest BCUT2D eigenvalue weighted by Crippen LogP contribution is -2.00. The van der Waals surface area contributed by atoms with E-state index in [0.717, 1.165) is 18.2 Å². The quantitative estimate of drug-likeness (QED) is 0.607. The fourth-order valence-electron chi connectivity index (χ4n) is 2.42. The predicted octanol–water partition coefficient (Wildman–Crippen LogP) is 3.91. The topological polar surface area (TPSA) is 54.5 Å². The molecule has 1 N–H and O–H groups in total. The Hall–Kier alpha value is -0.930. The first-order valence-corrected chi connectivity index (χ1v) is 7.59. The lowest BCUT2D eigenvalue weighted by Gasteiger charge is -2.14. The van der Waals surface area contributed by atoms with Gasteiger partial charge in [-0.1, -0.05) is 70.4 Å². The normalized spacial score (nSPS) is 12.8. The summed E-state index contributed by atoms with van der Waals surface area (Å²) in [6.45, 7) is 4.60. The number of aryl methyl sites for hydroxylation is 1. The first kappa shape index (κ1) is 15.1. The highest BCUT2D eigenvalue weighted by atomic mass is 15.5. The van der Waals surface area contributed by atoms with Crippen molar-refractivity contribution < 1.29 is 0 Å². The van der Waals surface area contributed by atoms with Gasteiger partial charge in [-0.15, -0.1) is 10.2 Å². The standard InChI is InChI=1S/C14H28N4/c1-3-5-6-7-10-13(4-2)11-8-9-12-14-15-17-18-16-14/h13H,3-12H2,1-2H3,(H,15,16,17,18). The summed E-state index contributed by atoms with van der Waals surface area (Å²) in [5, 5.41) is 14.0. The molecule has 1 atom stereocenters. The van der Waals surface area contributed by atoms with Crippen LogP contribution in [-0.2, 0) is 6.42 Å². The molecule has 1 heterocycles. The van der Waals surface area contributed by atoms with Crippen molar-refractivity contribution >= 4 is 0 Å². The largest absolute Gasteiger partial charge is 0.177 e. The Morgan fingerprint density at radius 1 is 1.00 bits per heavy atom. The van der Waals surface area contributed by atoms with Crippen LogP contribution in [0.1, 0.15) is 77.5 Å². The Bertz CT molecular complexity index is 271. The second-order valence-electron chi connectivity index (χ2n) is 5.20. The molecule has 1 unspecified atom stereocenters. The monoisotopic (exact) mass is 252 g/mol. The Balaban J connectivity index is 2.00. The minimum absolute atomic E-state index is 0.853. The molecular weight excluding hydrogens is 224 g/mol. The van der Waals surface area contributed by atoms with Crippen LogP contribution in [0.4, 0.5) is 0 Å². The van der Waals surface area contributed by atoms with Crippen molar-refractivity contribution in [2.75, 3.05) is 0 Å². The first-order chi connectivity index (χ1) is 8.86. The summed E-state index contributed by atoms with van der Waals surface area (Å²) >= 11 is 0. The highest BCUT2D eigenvalue weighted by molar-refractivity contribution is 4.75. The van der Waals surface area contributed by atoms with Gasteiger partial charge in [0.2, 0.25) is 0 Å². The number of nitrogens with zero attached hydrogens (tertiary/aromatic N) is 3. The van der Waals surface area contributed by atoms with Crippen LogP contribution in [-0.4, -0.2) is 20.6 Å². The van der Waals surface area contributed by atoms with E-state index >= 15 is 0 Å². The van der Waals surface area contributed by atoms with Crippen LogP contribution < -0.4 is 0 Å². The SMILES string of the molecule is CCCCCCC(CC)CCCCc1nn[nH]n1. The van der Waals surface area contributed by atoms with E-state index in [9.17, 15) is 0 Å². The third-order valence-electron chi connectivity index (χ3n) is 3.70. The van der Waals surface area contributed by atoms with E-state index in [4.69, 9.17) is 0 Å². The van der Waals surface area contributed by atoms with E-state index in [1.807, 2.05) is 0 Å². The highest BCUT2D eigenvalue weighted by Crippen LogP contribution is 2.20. The molecular formula is C14H28N4. The van der Waals surface area contributed by atoms with Gasteiger partial charge in [-0.2, -0.15) is 5.21 Å². The van der Waals surface area contributed by atoms with Gasteiger partial charge in [-0.3, -0.25) is 0 Å². The zero-order valence-electron chi connectivity index (χ0n) is 12.0. The molecule has 104 valence electrons. The molecule has 0 aromatic carbocycles. The van der Waals surface area contributed by atoms with Gasteiger partial charge in [-0.05, 0) is 12.3 Å². The van der Waals surface area contributed by atoms with Crippen molar-refractivity contribution in [3.05, 3.63) is 5.82 Å². The summed E-state index contributed by atoms with van der Waals surface area (Å²) in [5.41, 5.74) is 0. The maximum atomic E-state index is 3.98. The smallest absolute Gasteiger partial charge is 0.174 e. The number of unbranched alkanes of at least 4 members (excludes halogenated alkanes) is 4. The second kappa shape index (κ2) is 10.0. The van der Waals surface area contributed by atoms with Gasteiger partial charge >= 0.3 is 0 Å². The van der Waals surface area contributed by atoms with Gasteiger partial charge in [0.1, 0.15) is 0 Å². The molecule has 0 aliphatic heterocycles. The maximum absolute atomic E-state index is 3.98. The molecule has 1 aromatic heterocycles. The fraction of sp³-hybridized carbons (Fsp3) is 0.929. The molecule has 0 spiro atoms. The number of aromatic nitrogens is 4. The van der Waals surface area contributed by atoms with Gasteiger partial charge in [0.25, 0.3) is 0 Å². The van der Waals surface area contributed by atoms with E-state index in [1.54, 1.807) is 0 Å². The summed E-state index contributed by atoms with van der Waals surface area (Å²) in [5.74, 6) is 1.78. The number of rotatable bonds is 11. The second-order valence-corrected chi connectivity index (χ2v) is 5.20. The van der Waals surface area contributed by atoms with Gasteiger partial charge in [-0.25, -0.2) is 0 Å². The molecule has 0 aliphatic rings. The molecule has 0 fully saturated rings.